The van der Waals surface area contributed by atoms with E-state index in [1.165, 1.54) is 0 Å². The molecule has 0 aromatic heterocycles. The first-order valence-corrected chi connectivity index (χ1v) is 5.96. The van der Waals surface area contributed by atoms with E-state index >= 15 is 0 Å². The second kappa shape index (κ2) is 8.01. The maximum atomic E-state index is 11.6. The van der Waals surface area contributed by atoms with Crippen molar-refractivity contribution in [3.63, 3.8) is 0 Å². The second-order valence-corrected chi connectivity index (χ2v) is 3.65. The summed E-state index contributed by atoms with van der Waals surface area (Å²) in [5.74, 6) is 3.46. The van der Waals surface area contributed by atoms with Crippen LogP contribution in [0.25, 0.3) is 0 Å². The van der Waals surface area contributed by atoms with E-state index in [1.807, 2.05) is 6.92 Å². The van der Waals surface area contributed by atoms with Gasteiger partial charge in [0.05, 0.1) is 26.8 Å². The molecule has 0 aliphatic heterocycles. The Labute approximate surface area is 113 Å². The van der Waals surface area contributed by atoms with Gasteiger partial charge in [-0.1, -0.05) is 5.92 Å². The predicted molar refractivity (Wildman–Crippen MR) is 74.5 cm³/mol. The SMILES string of the molecule is C#CCNCC(=O)Nc1ccc(OCC)c(OC)c1. The predicted octanol–water partition coefficient (Wildman–Crippen LogP) is 1.26. The summed E-state index contributed by atoms with van der Waals surface area (Å²) in [6, 6.07) is 5.23. The van der Waals surface area contributed by atoms with Gasteiger partial charge in [-0.25, -0.2) is 0 Å². The first-order chi connectivity index (χ1) is 9.21. The van der Waals surface area contributed by atoms with Gasteiger partial charge in [0.15, 0.2) is 11.5 Å². The Kier molecular flexibility index (Phi) is 6.27. The van der Waals surface area contributed by atoms with Crippen molar-refractivity contribution in [3.05, 3.63) is 18.2 Å². The fourth-order valence-corrected chi connectivity index (χ4v) is 1.47. The number of amides is 1. The van der Waals surface area contributed by atoms with Gasteiger partial charge in [0.25, 0.3) is 0 Å². The highest BCUT2D eigenvalue weighted by molar-refractivity contribution is 5.92. The molecule has 2 N–H and O–H groups in total. The van der Waals surface area contributed by atoms with Crippen LogP contribution in [0.3, 0.4) is 0 Å². The van der Waals surface area contributed by atoms with Crippen molar-refractivity contribution in [2.75, 3.05) is 32.1 Å². The molecule has 0 spiro atoms. The lowest BCUT2D eigenvalue weighted by molar-refractivity contribution is -0.115. The number of benzene rings is 1. The molecule has 1 rings (SSSR count). The largest absolute Gasteiger partial charge is 0.493 e. The third-order valence-corrected chi connectivity index (χ3v) is 2.26. The van der Waals surface area contributed by atoms with Crippen LogP contribution in [0.5, 0.6) is 11.5 Å². The number of hydrogen-bond acceptors (Lipinski definition) is 4. The lowest BCUT2D eigenvalue weighted by atomic mass is 10.2. The standard InChI is InChI=1S/C14H18N2O3/c1-4-8-15-10-14(17)16-11-6-7-12(19-5-2)13(9-11)18-3/h1,6-7,9,15H,5,8,10H2,2-3H3,(H,16,17). The van der Waals surface area contributed by atoms with E-state index in [-0.39, 0.29) is 12.5 Å². The van der Waals surface area contributed by atoms with E-state index in [0.717, 1.165) is 0 Å². The number of carbonyl (C=O) groups excluding carboxylic acids is 1. The molecule has 0 saturated heterocycles. The first-order valence-electron chi connectivity index (χ1n) is 5.96. The van der Waals surface area contributed by atoms with Crippen LogP contribution in [0.2, 0.25) is 0 Å². The van der Waals surface area contributed by atoms with Crippen molar-refractivity contribution in [1.29, 1.82) is 0 Å². The Balaban J connectivity index is 2.64. The van der Waals surface area contributed by atoms with Crippen molar-refractivity contribution in [3.8, 4) is 23.8 Å². The van der Waals surface area contributed by atoms with Gasteiger partial charge in [-0.2, -0.15) is 0 Å². The van der Waals surface area contributed by atoms with E-state index in [2.05, 4.69) is 16.6 Å². The molecule has 0 heterocycles. The molecule has 0 atom stereocenters. The van der Waals surface area contributed by atoms with Gasteiger partial charge in [-0.3, -0.25) is 10.1 Å². The van der Waals surface area contributed by atoms with Gasteiger partial charge in [0.1, 0.15) is 0 Å². The summed E-state index contributed by atoms with van der Waals surface area (Å²) >= 11 is 0. The molecule has 0 fully saturated rings. The fourth-order valence-electron chi connectivity index (χ4n) is 1.47. The number of methoxy groups -OCH3 is 1. The summed E-state index contributed by atoms with van der Waals surface area (Å²) < 4.78 is 10.6. The monoisotopic (exact) mass is 262 g/mol. The molecule has 5 heteroatoms. The number of terminal acetylenes is 1. The number of anilines is 1. The van der Waals surface area contributed by atoms with Crippen LogP contribution in [0.4, 0.5) is 5.69 Å². The van der Waals surface area contributed by atoms with Crippen molar-refractivity contribution in [2.24, 2.45) is 0 Å². The van der Waals surface area contributed by atoms with Crippen molar-refractivity contribution >= 4 is 11.6 Å². The van der Waals surface area contributed by atoms with Crippen LogP contribution in [0.1, 0.15) is 6.92 Å². The minimum absolute atomic E-state index is 0.165. The van der Waals surface area contributed by atoms with Crippen LogP contribution >= 0.6 is 0 Å². The molecule has 0 saturated carbocycles. The van der Waals surface area contributed by atoms with Crippen LogP contribution in [-0.4, -0.2) is 32.7 Å². The van der Waals surface area contributed by atoms with Crippen LogP contribution in [0, 0.1) is 12.3 Å². The summed E-state index contributed by atoms with van der Waals surface area (Å²) in [4.78, 5) is 11.6. The van der Waals surface area contributed by atoms with E-state index in [9.17, 15) is 4.79 Å². The average Bonchev–Trinajstić information content (AvgIpc) is 2.41. The molecule has 1 amide bonds. The second-order valence-electron chi connectivity index (χ2n) is 3.65. The van der Waals surface area contributed by atoms with Gasteiger partial charge < -0.3 is 14.8 Å². The van der Waals surface area contributed by atoms with Crippen molar-refractivity contribution < 1.29 is 14.3 Å². The highest BCUT2D eigenvalue weighted by Gasteiger charge is 2.07. The van der Waals surface area contributed by atoms with Crippen molar-refractivity contribution in [2.45, 2.75) is 6.92 Å². The molecule has 0 unspecified atom stereocenters. The maximum absolute atomic E-state index is 11.6. The zero-order valence-corrected chi connectivity index (χ0v) is 11.2. The summed E-state index contributed by atoms with van der Waals surface area (Å²) in [6.45, 7) is 2.98. The first kappa shape index (κ1) is 14.9. The van der Waals surface area contributed by atoms with E-state index in [4.69, 9.17) is 15.9 Å². The molecule has 0 aliphatic rings. The molecule has 102 valence electrons. The highest BCUT2D eigenvalue weighted by atomic mass is 16.5. The Morgan fingerprint density at radius 3 is 2.84 bits per heavy atom. The topological polar surface area (TPSA) is 59.6 Å². The summed E-state index contributed by atoms with van der Waals surface area (Å²) in [7, 11) is 1.55. The summed E-state index contributed by atoms with van der Waals surface area (Å²) in [6.07, 6.45) is 5.08. The molecule has 5 nitrogen and oxygen atoms in total. The molecule has 1 aromatic rings. The molecule has 19 heavy (non-hydrogen) atoms. The van der Waals surface area contributed by atoms with Crippen LogP contribution < -0.4 is 20.1 Å². The van der Waals surface area contributed by atoms with Gasteiger partial charge in [-0.15, -0.1) is 6.42 Å². The van der Waals surface area contributed by atoms with Crippen LogP contribution in [0.15, 0.2) is 18.2 Å². The minimum atomic E-state index is -0.165. The van der Waals surface area contributed by atoms with Gasteiger partial charge in [0.2, 0.25) is 5.91 Å². The third-order valence-electron chi connectivity index (χ3n) is 2.26. The lowest BCUT2D eigenvalue weighted by Gasteiger charge is -2.11. The Morgan fingerprint density at radius 1 is 1.42 bits per heavy atom. The Bertz CT molecular complexity index is 466. The molecular weight excluding hydrogens is 244 g/mol. The van der Waals surface area contributed by atoms with E-state index in [1.54, 1.807) is 25.3 Å². The number of nitrogens with one attached hydrogen (secondary N) is 2. The zero-order chi connectivity index (χ0) is 14.1. The molecule has 0 radical (unpaired) electrons. The van der Waals surface area contributed by atoms with E-state index < -0.39 is 0 Å². The number of hydrogen-bond donors (Lipinski definition) is 2. The van der Waals surface area contributed by atoms with E-state index in [0.29, 0.717) is 30.3 Å². The quantitative estimate of drug-likeness (QED) is 0.573. The number of carbonyl (C=O) groups is 1. The normalized spacial score (nSPS) is 9.53. The van der Waals surface area contributed by atoms with Gasteiger partial charge in [0, 0.05) is 11.8 Å². The summed E-state index contributed by atoms with van der Waals surface area (Å²) in [5.41, 5.74) is 0.646. The molecule has 1 aromatic carbocycles. The number of rotatable bonds is 7. The lowest BCUT2D eigenvalue weighted by Crippen LogP contribution is -2.28. The maximum Gasteiger partial charge on any atom is 0.238 e. The number of ether oxygens (including phenoxy) is 2. The zero-order valence-electron chi connectivity index (χ0n) is 11.2. The molecule has 0 bridgehead atoms. The Morgan fingerprint density at radius 2 is 2.21 bits per heavy atom. The molecule has 0 aliphatic carbocycles. The third kappa shape index (κ3) is 4.90. The summed E-state index contributed by atoms with van der Waals surface area (Å²) in [5, 5.41) is 5.55. The van der Waals surface area contributed by atoms with Gasteiger partial charge >= 0.3 is 0 Å². The van der Waals surface area contributed by atoms with Crippen LogP contribution in [-0.2, 0) is 4.79 Å². The Hall–Kier alpha value is -2.19. The fraction of sp³-hybridized carbons (Fsp3) is 0.357. The van der Waals surface area contributed by atoms with Crippen molar-refractivity contribution in [1.82, 2.24) is 5.32 Å². The van der Waals surface area contributed by atoms with Gasteiger partial charge in [-0.05, 0) is 19.1 Å². The smallest absolute Gasteiger partial charge is 0.238 e. The average molecular weight is 262 g/mol. The highest BCUT2D eigenvalue weighted by Crippen LogP contribution is 2.30. The minimum Gasteiger partial charge on any atom is -0.493 e. The molecular formula is C14H18N2O3.